The number of hydrogen-bond donors (Lipinski definition) is 0. The molecule has 0 amide bonds. The fourth-order valence-electron chi connectivity index (χ4n) is 7.41. The number of likely N-dealkylation sites (tertiary alicyclic amines) is 2. The van der Waals surface area contributed by atoms with Crippen LogP contribution in [0.5, 0.6) is 0 Å². The van der Waals surface area contributed by atoms with Crippen molar-refractivity contribution in [1.29, 1.82) is 0 Å². The molecule has 7 nitrogen and oxygen atoms in total. The van der Waals surface area contributed by atoms with Gasteiger partial charge in [0, 0.05) is 13.1 Å². The van der Waals surface area contributed by atoms with Crippen molar-refractivity contribution in [2.45, 2.75) is 12.1 Å². The molecule has 2 fully saturated rings. The van der Waals surface area contributed by atoms with E-state index in [2.05, 4.69) is 0 Å². The summed E-state index contributed by atoms with van der Waals surface area (Å²) in [7, 11) is 6.33. The van der Waals surface area contributed by atoms with Crippen LogP contribution < -0.4 is 0 Å². The minimum Gasteiger partial charge on any atom is -0.468 e. The number of hydrogen-bond acceptors (Lipinski definition) is 7. The van der Waals surface area contributed by atoms with Gasteiger partial charge in [-0.25, -0.2) is 0 Å². The molecule has 2 aliphatic rings. The number of rotatable bonds is 4. The van der Waals surface area contributed by atoms with Gasteiger partial charge in [-0.15, -0.1) is 0 Å². The summed E-state index contributed by atoms with van der Waals surface area (Å²) < 4.78 is 10.7. The lowest BCUT2D eigenvalue weighted by Gasteiger charge is -2.60. The Kier molecular flexibility index (Phi) is 6.24. The largest absolute Gasteiger partial charge is 0.468 e. The van der Waals surface area contributed by atoms with Crippen LogP contribution in [0.4, 0.5) is 0 Å². The highest BCUT2D eigenvalue weighted by Crippen LogP contribution is 2.60. The fourth-order valence-corrected chi connectivity index (χ4v) is 7.41. The van der Waals surface area contributed by atoms with Crippen molar-refractivity contribution in [3.63, 3.8) is 0 Å². The monoisotopic (exact) mass is 536 g/mol. The molecule has 2 bridgehead atoms. The molecule has 40 heavy (non-hydrogen) atoms. The van der Waals surface area contributed by atoms with Crippen LogP contribution in [0.1, 0.15) is 23.2 Å². The molecule has 0 aromatic heterocycles. The minimum atomic E-state index is -1.65. The summed E-state index contributed by atoms with van der Waals surface area (Å²) >= 11 is 0. The van der Waals surface area contributed by atoms with Crippen LogP contribution in [0, 0.1) is 10.8 Å². The predicted molar refractivity (Wildman–Crippen MR) is 153 cm³/mol. The van der Waals surface area contributed by atoms with E-state index in [4.69, 9.17) is 9.47 Å². The summed E-state index contributed by atoms with van der Waals surface area (Å²) in [5.41, 5.74) is -1.69. The lowest BCUT2D eigenvalue weighted by atomic mass is 9.54. The number of Topliss-reactive ketones (excluding diaryl/α,β-unsaturated/α-hetero) is 1. The van der Waals surface area contributed by atoms with Crippen LogP contribution in [-0.2, 0) is 23.9 Å². The molecule has 2 saturated heterocycles. The molecule has 2 heterocycles. The van der Waals surface area contributed by atoms with Crippen LogP contribution in [0.15, 0.2) is 84.9 Å². The molecule has 204 valence electrons. The van der Waals surface area contributed by atoms with Gasteiger partial charge in [-0.05, 0) is 58.9 Å². The topological polar surface area (TPSA) is 76.1 Å². The number of carbonyl (C=O) groups is 3. The average molecular weight is 537 g/mol. The van der Waals surface area contributed by atoms with Crippen molar-refractivity contribution in [3.8, 4) is 0 Å². The van der Waals surface area contributed by atoms with Crippen LogP contribution in [0.3, 0.4) is 0 Å². The first-order valence-electron chi connectivity index (χ1n) is 13.4. The van der Waals surface area contributed by atoms with Crippen LogP contribution >= 0.6 is 0 Å². The van der Waals surface area contributed by atoms with Gasteiger partial charge in [0.05, 0.1) is 26.3 Å². The Labute approximate surface area is 233 Å². The first-order chi connectivity index (χ1) is 19.3. The van der Waals surface area contributed by atoms with Crippen molar-refractivity contribution >= 4 is 39.3 Å². The summed E-state index contributed by atoms with van der Waals surface area (Å²) in [6.45, 7) is 0.229. The van der Waals surface area contributed by atoms with Gasteiger partial charge in [0.2, 0.25) is 0 Å². The maximum atomic E-state index is 15.0. The Morgan fingerprint density at radius 1 is 0.675 bits per heavy atom. The molecule has 0 unspecified atom stereocenters. The number of ketones is 1. The van der Waals surface area contributed by atoms with Crippen LogP contribution in [-0.4, -0.2) is 68.9 Å². The van der Waals surface area contributed by atoms with Gasteiger partial charge in [-0.1, -0.05) is 72.8 Å². The molecule has 7 heteroatoms. The first kappa shape index (κ1) is 26.2. The Hall–Kier alpha value is -4.07. The molecule has 6 rings (SSSR count). The van der Waals surface area contributed by atoms with Gasteiger partial charge in [-0.3, -0.25) is 19.3 Å². The Morgan fingerprint density at radius 3 is 1.48 bits per heavy atom. The SMILES string of the molecule is COC(=O)[C@]12CN(C)C[C@](C(=O)OC)(C1=O)[C@@H](c1ccc3ccccc3c1)N(C)[C@H]2c1ccc2ccccc2c1. The molecular formula is C33H32N2O5. The van der Waals surface area contributed by atoms with Crippen molar-refractivity contribution in [1.82, 2.24) is 9.80 Å². The van der Waals surface area contributed by atoms with Gasteiger partial charge in [0.25, 0.3) is 0 Å². The quantitative estimate of drug-likeness (QED) is 0.280. The maximum absolute atomic E-state index is 15.0. The Morgan fingerprint density at radius 2 is 1.07 bits per heavy atom. The third-order valence-electron chi connectivity index (χ3n) is 8.87. The zero-order valence-corrected chi connectivity index (χ0v) is 23.1. The Balaban J connectivity index is 1.66. The summed E-state index contributed by atoms with van der Waals surface area (Å²) in [6.07, 6.45) is 0. The number of piperidine rings is 2. The highest BCUT2D eigenvalue weighted by molar-refractivity contribution is 6.18. The summed E-state index contributed by atoms with van der Waals surface area (Å²) in [4.78, 5) is 46.6. The van der Waals surface area contributed by atoms with Gasteiger partial charge < -0.3 is 14.4 Å². The molecule has 0 radical (unpaired) electrons. The molecular weight excluding hydrogens is 504 g/mol. The first-order valence-corrected chi connectivity index (χ1v) is 13.4. The van der Waals surface area contributed by atoms with Crippen molar-refractivity contribution < 1.29 is 23.9 Å². The van der Waals surface area contributed by atoms with Crippen molar-refractivity contribution in [2.75, 3.05) is 41.4 Å². The van der Waals surface area contributed by atoms with E-state index in [1.807, 2.05) is 109 Å². The molecule has 0 N–H and O–H groups in total. The summed E-state index contributed by atoms with van der Waals surface area (Å²) in [6, 6.07) is 26.6. The van der Waals surface area contributed by atoms with Crippen molar-refractivity contribution in [3.05, 3.63) is 96.1 Å². The minimum absolute atomic E-state index is 0.115. The second-order valence-corrected chi connectivity index (χ2v) is 11.1. The van der Waals surface area contributed by atoms with E-state index in [1.165, 1.54) is 14.2 Å². The summed E-state index contributed by atoms with van der Waals surface area (Å²) in [5.74, 6) is -1.76. The second kappa shape index (κ2) is 9.54. The normalized spacial score (nSPS) is 27.1. The van der Waals surface area contributed by atoms with E-state index >= 15 is 0 Å². The van der Waals surface area contributed by atoms with E-state index in [0.717, 1.165) is 32.7 Å². The smallest absolute Gasteiger partial charge is 0.322 e. The van der Waals surface area contributed by atoms with E-state index < -0.39 is 40.6 Å². The van der Waals surface area contributed by atoms with E-state index in [-0.39, 0.29) is 13.1 Å². The average Bonchev–Trinajstić information content (AvgIpc) is 2.97. The van der Waals surface area contributed by atoms with Crippen LogP contribution in [0.2, 0.25) is 0 Å². The highest BCUT2D eigenvalue weighted by atomic mass is 16.5. The molecule has 4 aromatic carbocycles. The predicted octanol–water partition coefficient (Wildman–Crippen LogP) is 4.55. The number of benzene rings is 4. The summed E-state index contributed by atoms with van der Waals surface area (Å²) in [5, 5.41) is 4.10. The van der Waals surface area contributed by atoms with Gasteiger partial charge >= 0.3 is 11.9 Å². The van der Waals surface area contributed by atoms with Gasteiger partial charge in [-0.2, -0.15) is 0 Å². The fraction of sp³-hybridized carbons (Fsp3) is 0.303. The molecule has 0 spiro atoms. The van der Waals surface area contributed by atoms with Gasteiger partial charge in [0.15, 0.2) is 16.6 Å². The van der Waals surface area contributed by atoms with E-state index in [1.54, 1.807) is 0 Å². The lowest BCUT2D eigenvalue weighted by molar-refractivity contribution is -0.202. The molecule has 4 aromatic rings. The third-order valence-corrected chi connectivity index (χ3v) is 8.87. The van der Waals surface area contributed by atoms with Crippen LogP contribution in [0.25, 0.3) is 21.5 Å². The number of ether oxygens (including phenoxy) is 2. The molecule has 4 atom stereocenters. The lowest BCUT2D eigenvalue weighted by Crippen LogP contribution is -2.75. The number of fused-ring (bicyclic) bond motifs is 4. The number of nitrogens with zero attached hydrogens (tertiary/aromatic N) is 2. The third kappa shape index (κ3) is 3.54. The van der Waals surface area contributed by atoms with Crippen molar-refractivity contribution in [2.24, 2.45) is 10.8 Å². The zero-order chi connectivity index (χ0) is 28.2. The molecule has 2 aliphatic heterocycles. The zero-order valence-electron chi connectivity index (χ0n) is 23.1. The number of esters is 2. The maximum Gasteiger partial charge on any atom is 0.322 e. The highest BCUT2D eigenvalue weighted by Gasteiger charge is 2.74. The Bertz CT molecular complexity index is 1550. The second-order valence-electron chi connectivity index (χ2n) is 11.1. The van der Waals surface area contributed by atoms with E-state index in [0.29, 0.717) is 0 Å². The van der Waals surface area contributed by atoms with Gasteiger partial charge in [0.1, 0.15) is 0 Å². The number of carbonyl (C=O) groups excluding carboxylic acids is 3. The molecule has 0 saturated carbocycles. The molecule has 0 aliphatic carbocycles. The number of methoxy groups -OCH3 is 2. The standard InChI is InChI=1S/C33H32N2O5/c1-34-19-32(30(37)39-3)27(25-15-13-21-9-5-7-11-23(21)17-25)35(2)28(33(20-34,29(32)36)31(38)40-4)26-16-14-22-10-6-8-12-24(22)18-26/h5-18,27-28H,19-20H2,1-4H3/t27-,28+,32-,33+. The van der Waals surface area contributed by atoms with E-state index in [9.17, 15) is 14.4 Å².